The highest BCUT2D eigenvalue weighted by Gasteiger charge is 2.25. The number of benzene rings is 2. The van der Waals surface area contributed by atoms with E-state index in [2.05, 4.69) is 15.1 Å². The molecule has 0 saturated carbocycles. The maximum absolute atomic E-state index is 13.4. The predicted molar refractivity (Wildman–Crippen MR) is 116 cm³/mol. The number of hydrogen-bond donors (Lipinski definition) is 1. The Morgan fingerprint density at radius 2 is 1.66 bits per heavy atom. The van der Waals surface area contributed by atoms with Crippen molar-refractivity contribution in [3.05, 3.63) is 70.7 Å². The zero-order chi connectivity index (χ0) is 22.2. The normalized spacial score (nSPS) is 13.2. The fourth-order valence-corrected chi connectivity index (χ4v) is 4.54. The summed E-state index contributed by atoms with van der Waals surface area (Å²) in [4.78, 5) is 24.7. The number of aromatic nitrogens is 4. The largest absolute Gasteiger partial charge is 0.375 e. The number of nitrogens with zero attached hydrogens (tertiary/aromatic N) is 5. The summed E-state index contributed by atoms with van der Waals surface area (Å²) in [6, 6.07) is 11.6. The number of fused-ring (bicyclic) bond motifs is 1. The Hall–Kier alpha value is -3.66. The number of nitrogen functional groups attached to an aromatic ring is 1. The van der Waals surface area contributed by atoms with Gasteiger partial charge in [0.25, 0.3) is 0 Å². The van der Waals surface area contributed by atoms with Crippen LogP contribution in [0.25, 0.3) is 22.8 Å². The number of carbonyl (C=O) groups excluding carboxylic acids is 1. The van der Waals surface area contributed by atoms with Gasteiger partial charge in [-0.3, -0.25) is 4.79 Å². The van der Waals surface area contributed by atoms with Gasteiger partial charge in [0.1, 0.15) is 18.2 Å². The highest BCUT2D eigenvalue weighted by Crippen LogP contribution is 2.27. The molecule has 0 unspecified atom stereocenters. The monoisotopic (exact) mass is 452 g/mol. The van der Waals surface area contributed by atoms with Crippen LogP contribution in [0.2, 0.25) is 0 Å². The second-order valence-corrected chi connectivity index (χ2v) is 8.53. The Kier molecular flexibility index (Phi) is 5.14. The van der Waals surface area contributed by atoms with E-state index in [1.54, 1.807) is 29.2 Å². The van der Waals surface area contributed by atoms with Gasteiger partial charge in [-0.25, -0.2) is 23.4 Å². The molecule has 0 radical (unpaired) electrons. The molecule has 2 aromatic carbocycles. The third-order valence-electron chi connectivity index (χ3n) is 5.26. The van der Waals surface area contributed by atoms with Crippen LogP contribution in [0.5, 0.6) is 0 Å². The number of anilines is 1. The number of thiazole rings is 1. The van der Waals surface area contributed by atoms with E-state index in [0.29, 0.717) is 47.4 Å². The molecule has 3 heterocycles. The molecule has 4 aromatic rings. The maximum atomic E-state index is 13.4. The quantitative estimate of drug-likeness (QED) is 0.512. The first-order valence-electron chi connectivity index (χ1n) is 9.95. The van der Waals surface area contributed by atoms with E-state index >= 15 is 0 Å². The molecule has 1 aliphatic rings. The number of amides is 1. The van der Waals surface area contributed by atoms with Crippen LogP contribution in [0.15, 0.2) is 48.5 Å². The van der Waals surface area contributed by atoms with Crippen molar-refractivity contribution >= 4 is 22.4 Å². The molecule has 32 heavy (non-hydrogen) atoms. The van der Waals surface area contributed by atoms with Crippen LogP contribution in [0.3, 0.4) is 0 Å². The van der Waals surface area contributed by atoms with Gasteiger partial charge in [-0.1, -0.05) is 0 Å². The molecule has 5 rings (SSSR count). The van der Waals surface area contributed by atoms with Crippen LogP contribution < -0.4 is 5.73 Å². The average Bonchev–Trinajstić information content (AvgIpc) is 3.36. The number of nitrogens with two attached hydrogens (primary N) is 1. The van der Waals surface area contributed by atoms with E-state index in [1.807, 2.05) is 0 Å². The van der Waals surface area contributed by atoms with Gasteiger partial charge in [0.15, 0.2) is 16.8 Å². The van der Waals surface area contributed by atoms with Crippen molar-refractivity contribution < 1.29 is 13.6 Å². The topological polar surface area (TPSA) is 89.9 Å². The summed E-state index contributed by atoms with van der Waals surface area (Å²) in [7, 11) is 0. The fourth-order valence-electron chi connectivity index (χ4n) is 3.64. The van der Waals surface area contributed by atoms with Crippen molar-refractivity contribution in [3.8, 4) is 22.8 Å². The molecular formula is C22H18F2N6OS. The second kappa shape index (κ2) is 8.12. The minimum Gasteiger partial charge on any atom is -0.375 e. The summed E-state index contributed by atoms with van der Waals surface area (Å²) in [5, 5.41) is 5.01. The summed E-state index contributed by atoms with van der Waals surface area (Å²) in [5.74, 6) is -0.0786. The van der Waals surface area contributed by atoms with E-state index in [-0.39, 0.29) is 24.1 Å². The van der Waals surface area contributed by atoms with Crippen LogP contribution in [-0.2, 0) is 24.3 Å². The van der Waals surface area contributed by atoms with Crippen LogP contribution in [0.4, 0.5) is 13.9 Å². The second-order valence-electron chi connectivity index (χ2n) is 7.42. The first-order valence-corrected chi connectivity index (χ1v) is 10.8. The SMILES string of the molecule is Nc1nc2c(s1)CN(C(=O)Cn1nc(-c3ccc(F)cc3)nc1-c1ccc(F)cc1)CC2. The molecule has 0 saturated heterocycles. The highest BCUT2D eigenvalue weighted by molar-refractivity contribution is 7.15. The molecule has 0 atom stereocenters. The lowest BCUT2D eigenvalue weighted by molar-refractivity contribution is -0.132. The van der Waals surface area contributed by atoms with E-state index in [0.717, 1.165) is 10.6 Å². The van der Waals surface area contributed by atoms with Gasteiger partial charge in [0.05, 0.1) is 12.2 Å². The number of halogens is 2. The van der Waals surface area contributed by atoms with E-state index in [9.17, 15) is 13.6 Å². The van der Waals surface area contributed by atoms with Gasteiger partial charge in [-0.15, -0.1) is 16.4 Å². The summed E-state index contributed by atoms with van der Waals surface area (Å²) < 4.78 is 28.3. The van der Waals surface area contributed by atoms with Gasteiger partial charge < -0.3 is 10.6 Å². The molecule has 10 heteroatoms. The third-order valence-corrected chi connectivity index (χ3v) is 6.17. The molecule has 2 aromatic heterocycles. The van der Waals surface area contributed by atoms with Crippen molar-refractivity contribution in [3.63, 3.8) is 0 Å². The number of hydrogen-bond acceptors (Lipinski definition) is 6. The Balaban J connectivity index is 1.45. The van der Waals surface area contributed by atoms with E-state index < -0.39 is 0 Å². The standard InChI is InChI=1S/C22H18F2N6OS/c23-15-5-1-13(2-6-15)20-27-21(14-3-7-16(24)8-4-14)30(28-20)12-19(31)29-10-9-17-18(11-29)32-22(25)26-17/h1-8H,9-12H2,(H2,25,26). The summed E-state index contributed by atoms with van der Waals surface area (Å²) in [6.45, 7) is 0.958. The zero-order valence-electron chi connectivity index (χ0n) is 16.8. The molecule has 0 spiro atoms. The minimum absolute atomic E-state index is 0.0372. The summed E-state index contributed by atoms with van der Waals surface area (Å²) >= 11 is 1.39. The lowest BCUT2D eigenvalue weighted by atomic mass is 10.2. The van der Waals surface area contributed by atoms with E-state index in [1.165, 1.54) is 40.3 Å². The van der Waals surface area contributed by atoms with Gasteiger partial charge in [-0.2, -0.15) is 0 Å². The fraction of sp³-hybridized carbons (Fsp3) is 0.182. The number of rotatable bonds is 4. The van der Waals surface area contributed by atoms with Crippen LogP contribution >= 0.6 is 11.3 Å². The van der Waals surface area contributed by atoms with Crippen LogP contribution in [0.1, 0.15) is 10.6 Å². The minimum atomic E-state index is -0.373. The van der Waals surface area contributed by atoms with Gasteiger partial charge in [0, 0.05) is 29.0 Å². The van der Waals surface area contributed by atoms with Gasteiger partial charge >= 0.3 is 0 Å². The molecule has 7 nitrogen and oxygen atoms in total. The molecule has 162 valence electrons. The number of carbonyl (C=O) groups is 1. The molecule has 2 N–H and O–H groups in total. The molecule has 0 fully saturated rings. The average molecular weight is 452 g/mol. The Morgan fingerprint density at radius 1 is 1.00 bits per heavy atom. The van der Waals surface area contributed by atoms with Crippen LogP contribution in [0, 0.1) is 11.6 Å². The molecule has 1 aliphatic heterocycles. The molecule has 0 bridgehead atoms. The smallest absolute Gasteiger partial charge is 0.244 e. The lowest BCUT2D eigenvalue weighted by Gasteiger charge is -2.26. The first-order chi connectivity index (χ1) is 15.5. The maximum Gasteiger partial charge on any atom is 0.244 e. The van der Waals surface area contributed by atoms with Crippen LogP contribution in [-0.4, -0.2) is 37.1 Å². The first kappa shape index (κ1) is 20.3. The van der Waals surface area contributed by atoms with Crippen molar-refractivity contribution in [1.82, 2.24) is 24.6 Å². The van der Waals surface area contributed by atoms with Gasteiger partial charge in [-0.05, 0) is 48.5 Å². The lowest BCUT2D eigenvalue weighted by Crippen LogP contribution is -2.37. The highest BCUT2D eigenvalue weighted by atomic mass is 32.1. The summed E-state index contributed by atoms with van der Waals surface area (Å²) in [6.07, 6.45) is 0.651. The molecule has 0 aliphatic carbocycles. The van der Waals surface area contributed by atoms with Crippen molar-refractivity contribution in [2.24, 2.45) is 0 Å². The van der Waals surface area contributed by atoms with Crippen molar-refractivity contribution in [2.45, 2.75) is 19.5 Å². The zero-order valence-corrected chi connectivity index (χ0v) is 17.6. The van der Waals surface area contributed by atoms with Gasteiger partial charge in [0.2, 0.25) is 5.91 Å². The Morgan fingerprint density at radius 3 is 2.34 bits per heavy atom. The summed E-state index contributed by atoms with van der Waals surface area (Å²) in [5.41, 5.74) is 7.98. The van der Waals surface area contributed by atoms with Crippen molar-refractivity contribution in [1.29, 1.82) is 0 Å². The van der Waals surface area contributed by atoms with E-state index in [4.69, 9.17) is 5.73 Å². The Bertz CT molecular complexity index is 1280. The molecule has 1 amide bonds. The van der Waals surface area contributed by atoms with Crippen molar-refractivity contribution in [2.75, 3.05) is 12.3 Å². The molecular weight excluding hydrogens is 434 g/mol. The Labute approximate surface area is 186 Å². The predicted octanol–water partition coefficient (Wildman–Crippen LogP) is 3.51. The third kappa shape index (κ3) is 3.96.